The van der Waals surface area contributed by atoms with Crippen LogP contribution in [-0.2, 0) is 0 Å². The average molecular weight is 158 g/mol. The Labute approximate surface area is 62.5 Å². The summed E-state index contributed by atoms with van der Waals surface area (Å²) >= 11 is 0. The maximum atomic E-state index is 10.1. The number of terminal acetylenes is 1. The van der Waals surface area contributed by atoms with Crippen LogP contribution in [0.5, 0.6) is 0 Å². The molecule has 0 fully saturated rings. The lowest BCUT2D eigenvalue weighted by atomic mass is 10.1. The van der Waals surface area contributed by atoms with E-state index in [1.807, 2.05) is 5.92 Å². The second-order valence-electron chi connectivity index (χ2n) is 2.11. The normalized spacial score (nSPS) is 10.2. The van der Waals surface area contributed by atoms with Crippen LogP contribution in [0.1, 0.15) is 13.3 Å². The summed E-state index contributed by atoms with van der Waals surface area (Å²) in [6.07, 6.45) is 4.22. The number of nitro groups is 2. The summed E-state index contributed by atoms with van der Waals surface area (Å²) in [7, 11) is 0. The van der Waals surface area contributed by atoms with Gasteiger partial charge in [-0.15, -0.1) is 6.42 Å². The third-order valence-corrected chi connectivity index (χ3v) is 1.22. The van der Waals surface area contributed by atoms with Gasteiger partial charge in [-0.05, 0) is 0 Å². The Kier molecular flexibility index (Phi) is 2.52. The Morgan fingerprint density at radius 1 is 1.45 bits per heavy atom. The minimum atomic E-state index is -2.24. The molecular weight excluding hydrogens is 152 g/mol. The molecule has 0 heterocycles. The third-order valence-electron chi connectivity index (χ3n) is 1.22. The maximum absolute atomic E-state index is 10.1. The molecule has 11 heavy (non-hydrogen) atoms. The van der Waals surface area contributed by atoms with Gasteiger partial charge in [-0.25, -0.2) is 0 Å². The molecule has 0 aromatic carbocycles. The van der Waals surface area contributed by atoms with Crippen molar-refractivity contribution in [1.82, 2.24) is 0 Å². The molecule has 0 N–H and O–H groups in total. The molecule has 0 amide bonds. The largest absolute Gasteiger partial charge is 0.466 e. The maximum Gasteiger partial charge on any atom is 0.466 e. The van der Waals surface area contributed by atoms with Crippen molar-refractivity contribution in [2.45, 2.75) is 19.0 Å². The van der Waals surface area contributed by atoms with Crippen LogP contribution < -0.4 is 0 Å². The molecule has 0 aromatic rings. The van der Waals surface area contributed by atoms with Crippen LogP contribution in [0.4, 0.5) is 0 Å². The predicted molar refractivity (Wildman–Crippen MR) is 35.8 cm³/mol. The Bertz CT molecular complexity index is 215. The first-order chi connectivity index (χ1) is 4.95. The van der Waals surface area contributed by atoms with Gasteiger partial charge in [0.1, 0.15) is 0 Å². The predicted octanol–water partition coefficient (Wildman–Crippen LogP) is 0.279. The fourth-order valence-corrected chi connectivity index (χ4v) is 0.389. The zero-order valence-corrected chi connectivity index (χ0v) is 5.81. The van der Waals surface area contributed by atoms with Gasteiger partial charge in [0.25, 0.3) is 0 Å². The SMILES string of the molecule is C#CCC(C)([N+](=O)[O-])[N+](=O)[O-]. The van der Waals surface area contributed by atoms with Crippen LogP contribution in [0, 0.1) is 32.6 Å². The molecular formula is C5H6N2O4. The fraction of sp³-hybridized carbons (Fsp3) is 0.600. The van der Waals surface area contributed by atoms with Crippen molar-refractivity contribution in [2.24, 2.45) is 0 Å². The average Bonchev–Trinajstić information content (AvgIpc) is 1.87. The summed E-state index contributed by atoms with van der Waals surface area (Å²) in [5.74, 6) is 1.89. The van der Waals surface area contributed by atoms with Gasteiger partial charge in [0.2, 0.25) is 0 Å². The van der Waals surface area contributed by atoms with Crippen molar-refractivity contribution in [1.29, 1.82) is 0 Å². The highest BCUT2D eigenvalue weighted by atomic mass is 16.7. The number of nitrogens with zero attached hydrogens (tertiary/aromatic N) is 2. The van der Waals surface area contributed by atoms with Crippen LogP contribution in [0.15, 0.2) is 0 Å². The van der Waals surface area contributed by atoms with E-state index in [4.69, 9.17) is 6.42 Å². The second kappa shape index (κ2) is 2.96. The lowest BCUT2D eigenvalue weighted by Gasteiger charge is -2.07. The van der Waals surface area contributed by atoms with E-state index < -0.39 is 21.9 Å². The van der Waals surface area contributed by atoms with E-state index in [2.05, 4.69) is 0 Å². The second-order valence-corrected chi connectivity index (χ2v) is 2.11. The van der Waals surface area contributed by atoms with Gasteiger partial charge in [0.15, 0.2) is 6.42 Å². The van der Waals surface area contributed by atoms with E-state index in [0.717, 1.165) is 6.92 Å². The number of hydrogen-bond donors (Lipinski definition) is 0. The fourth-order valence-electron chi connectivity index (χ4n) is 0.389. The minimum Gasteiger partial charge on any atom is -0.258 e. The monoisotopic (exact) mass is 158 g/mol. The van der Waals surface area contributed by atoms with Crippen molar-refractivity contribution in [3.05, 3.63) is 20.2 Å². The van der Waals surface area contributed by atoms with Gasteiger partial charge in [-0.3, -0.25) is 20.2 Å². The summed E-state index contributed by atoms with van der Waals surface area (Å²) in [6, 6.07) is 0. The molecule has 0 aliphatic heterocycles. The molecule has 0 bridgehead atoms. The van der Waals surface area contributed by atoms with Gasteiger partial charge in [0, 0.05) is 0 Å². The van der Waals surface area contributed by atoms with Gasteiger partial charge < -0.3 is 0 Å². The standard InChI is InChI=1S/C5H6N2O4/c1-3-4-5(2,6(8)9)7(10)11/h1H,4H2,2H3. The molecule has 0 rings (SSSR count). The summed E-state index contributed by atoms with van der Waals surface area (Å²) in [6.45, 7) is 0.882. The van der Waals surface area contributed by atoms with Gasteiger partial charge in [-0.2, -0.15) is 0 Å². The van der Waals surface area contributed by atoms with Gasteiger partial charge in [0.05, 0.1) is 16.8 Å². The Morgan fingerprint density at radius 3 is 1.91 bits per heavy atom. The van der Waals surface area contributed by atoms with Crippen molar-refractivity contribution in [3.63, 3.8) is 0 Å². The van der Waals surface area contributed by atoms with Crippen molar-refractivity contribution < 1.29 is 9.85 Å². The molecule has 6 nitrogen and oxygen atoms in total. The van der Waals surface area contributed by atoms with Crippen molar-refractivity contribution >= 4 is 0 Å². The first kappa shape index (κ1) is 9.36. The van der Waals surface area contributed by atoms with Crippen molar-refractivity contribution in [2.75, 3.05) is 0 Å². The van der Waals surface area contributed by atoms with E-state index in [1.54, 1.807) is 0 Å². The molecule has 0 saturated carbocycles. The summed E-state index contributed by atoms with van der Waals surface area (Å²) < 4.78 is 0. The zero-order chi connectivity index (χ0) is 9.07. The molecule has 0 atom stereocenters. The summed E-state index contributed by atoms with van der Waals surface area (Å²) in [5.41, 5.74) is -2.24. The third kappa shape index (κ3) is 1.64. The van der Waals surface area contributed by atoms with Crippen LogP contribution in [-0.4, -0.2) is 15.5 Å². The first-order valence-corrected chi connectivity index (χ1v) is 2.67. The highest BCUT2D eigenvalue weighted by Gasteiger charge is 2.49. The van der Waals surface area contributed by atoms with E-state index in [-0.39, 0.29) is 0 Å². The number of rotatable bonds is 3. The highest BCUT2D eigenvalue weighted by molar-refractivity contribution is 4.88. The lowest BCUT2D eigenvalue weighted by molar-refractivity contribution is -0.790. The highest BCUT2D eigenvalue weighted by Crippen LogP contribution is 2.13. The van der Waals surface area contributed by atoms with Crippen LogP contribution in [0.3, 0.4) is 0 Å². The quantitative estimate of drug-likeness (QED) is 0.255. The molecule has 0 saturated heterocycles. The van der Waals surface area contributed by atoms with E-state index >= 15 is 0 Å². The van der Waals surface area contributed by atoms with Gasteiger partial charge in [-0.1, -0.05) is 5.92 Å². The Hall–Kier alpha value is -1.64. The van der Waals surface area contributed by atoms with Crippen LogP contribution in [0.2, 0.25) is 0 Å². The molecule has 0 aromatic heterocycles. The summed E-state index contributed by atoms with van der Waals surface area (Å²) in [5, 5.41) is 20.2. The molecule has 0 aliphatic carbocycles. The van der Waals surface area contributed by atoms with E-state index in [9.17, 15) is 20.2 Å². The molecule has 0 radical (unpaired) electrons. The molecule has 0 spiro atoms. The first-order valence-electron chi connectivity index (χ1n) is 2.67. The van der Waals surface area contributed by atoms with Crippen molar-refractivity contribution in [3.8, 4) is 12.3 Å². The Morgan fingerprint density at radius 2 is 1.82 bits per heavy atom. The number of hydrogen-bond acceptors (Lipinski definition) is 4. The molecule has 6 heteroatoms. The minimum absolute atomic E-state index is 0.507. The molecule has 0 aliphatic rings. The van der Waals surface area contributed by atoms with Crippen LogP contribution in [0.25, 0.3) is 0 Å². The zero-order valence-electron chi connectivity index (χ0n) is 5.81. The smallest absolute Gasteiger partial charge is 0.258 e. The van der Waals surface area contributed by atoms with E-state index in [1.165, 1.54) is 0 Å². The van der Waals surface area contributed by atoms with E-state index in [0.29, 0.717) is 0 Å². The molecule has 0 unspecified atom stereocenters. The molecule has 60 valence electrons. The van der Waals surface area contributed by atoms with Crippen LogP contribution >= 0.6 is 0 Å². The summed E-state index contributed by atoms with van der Waals surface area (Å²) in [4.78, 5) is 18.3. The Balaban J connectivity index is 4.70. The topological polar surface area (TPSA) is 86.3 Å². The lowest BCUT2D eigenvalue weighted by Crippen LogP contribution is -2.42. The van der Waals surface area contributed by atoms with Gasteiger partial charge >= 0.3 is 5.66 Å².